The van der Waals surface area contributed by atoms with Crippen molar-refractivity contribution in [1.82, 2.24) is 0 Å². The minimum atomic E-state index is -0.906. The van der Waals surface area contributed by atoms with Crippen LogP contribution >= 0.6 is 11.6 Å². The Morgan fingerprint density at radius 2 is 2.17 bits per heavy atom. The van der Waals surface area contributed by atoms with E-state index in [0.29, 0.717) is 6.29 Å². The molecule has 0 aromatic heterocycles. The summed E-state index contributed by atoms with van der Waals surface area (Å²) >= 11 is 5.04. The van der Waals surface area contributed by atoms with Crippen LogP contribution in [0.4, 0.5) is 4.39 Å². The van der Waals surface area contributed by atoms with Crippen molar-refractivity contribution in [2.24, 2.45) is 0 Å². The molecule has 0 saturated carbocycles. The summed E-state index contributed by atoms with van der Waals surface area (Å²) in [5, 5.41) is -0.906. The van der Waals surface area contributed by atoms with Gasteiger partial charge in [-0.3, -0.25) is 9.59 Å². The third kappa shape index (κ3) is 1.68. The van der Waals surface area contributed by atoms with Gasteiger partial charge in [0.15, 0.2) is 0 Å². The second kappa shape index (κ2) is 3.45. The lowest BCUT2D eigenvalue weighted by Crippen LogP contribution is -1.95. The van der Waals surface area contributed by atoms with Gasteiger partial charge in [-0.05, 0) is 29.8 Å². The van der Waals surface area contributed by atoms with E-state index in [2.05, 4.69) is 0 Å². The maximum absolute atomic E-state index is 12.7. The highest BCUT2D eigenvalue weighted by Gasteiger charge is 2.08. The van der Waals surface area contributed by atoms with Gasteiger partial charge in [-0.2, -0.15) is 0 Å². The molecule has 0 atom stereocenters. The fraction of sp³-hybridized carbons (Fsp3) is 0. The van der Waals surface area contributed by atoms with E-state index in [1.54, 1.807) is 0 Å². The normalized spacial score (nSPS) is 9.50. The largest absolute Gasteiger partial charge is 0.298 e. The molecule has 0 fully saturated rings. The smallest absolute Gasteiger partial charge is 0.255 e. The number of carbonyl (C=O) groups excluding carboxylic acids is 2. The first-order chi connectivity index (χ1) is 5.65. The zero-order chi connectivity index (χ0) is 9.14. The quantitative estimate of drug-likeness (QED) is 0.523. The number of hydrogen-bond donors (Lipinski definition) is 0. The van der Waals surface area contributed by atoms with Crippen molar-refractivity contribution in [3.63, 3.8) is 0 Å². The molecule has 0 aliphatic heterocycles. The highest BCUT2D eigenvalue weighted by molar-refractivity contribution is 6.67. The minimum absolute atomic E-state index is 0.223. The van der Waals surface area contributed by atoms with E-state index in [9.17, 15) is 14.0 Å². The number of rotatable bonds is 2. The molecule has 1 aromatic rings. The SMILES string of the molecule is O=Cc1ccc(F)c(C(=O)Cl)c1. The average molecular weight is 187 g/mol. The van der Waals surface area contributed by atoms with Gasteiger partial charge in [0, 0.05) is 5.56 Å². The maximum atomic E-state index is 12.7. The Morgan fingerprint density at radius 1 is 1.50 bits per heavy atom. The number of aldehydes is 1. The second-order valence-electron chi connectivity index (χ2n) is 2.13. The van der Waals surface area contributed by atoms with E-state index in [0.717, 1.165) is 12.1 Å². The van der Waals surface area contributed by atoms with E-state index in [1.807, 2.05) is 0 Å². The third-order valence-electron chi connectivity index (χ3n) is 1.34. The molecule has 0 N–H and O–H groups in total. The summed E-state index contributed by atoms with van der Waals surface area (Å²) in [7, 11) is 0. The standard InChI is InChI=1S/C8H4ClFO2/c9-8(12)6-3-5(4-11)1-2-7(6)10/h1-4H. The summed E-state index contributed by atoms with van der Waals surface area (Å²) < 4.78 is 12.7. The summed E-state index contributed by atoms with van der Waals surface area (Å²) in [6.45, 7) is 0. The average Bonchev–Trinajstić information content (AvgIpc) is 2.05. The van der Waals surface area contributed by atoms with Gasteiger partial charge in [0.05, 0.1) is 5.56 Å². The van der Waals surface area contributed by atoms with Gasteiger partial charge in [0.25, 0.3) is 5.24 Å². The topological polar surface area (TPSA) is 34.1 Å². The summed E-state index contributed by atoms with van der Waals surface area (Å²) in [6, 6.07) is 3.41. The predicted molar refractivity (Wildman–Crippen MR) is 42.0 cm³/mol. The van der Waals surface area contributed by atoms with Gasteiger partial charge in [0.1, 0.15) is 12.1 Å². The van der Waals surface area contributed by atoms with Crippen LogP contribution in [-0.4, -0.2) is 11.5 Å². The summed E-state index contributed by atoms with van der Waals surface area (Å²) in [4.78, 5) is 20.8. The molecule has 0 spiro atoms. The van der Waals surface area contributed by atoms with Gasteiger partial charge in [-0.15, -0.1) is 0 Å². The predicted octanol–water partition coefficient (Wildman–Crippen LogP) is 2.02. The molecule has 0 aliphatic carbocycles. The zero-order valence-corrected chi connectivity index (χ0v) is 6.64. The first-order valence-electron chi connectivity index (χ1n) is 3.09. The van der Waals surface area contributed by atoms with Crippen molar-refractivity contribution in [3.05, 3.63) is 35.1 Å². The lowest BCUT2D eigenvalue weighted by molar-refractivity contribution is 0.107. The van der Waals surface area contributed by atoms with E-state index >= 15 is 0 Å². The lowest BCUT2D eigenvalue weighted by atomic mass is 10.1. The number of carbonyl (C=O) groups is 2. The molecule has 0 radical (unpaired) electrons. The van der Waals surface area contributed by atoms with Crippen LogP contribution in [0.2, 0.25) is 0 Å². The Balaban J connectivity index is 3.25. The van der Waals surface area contributed by atoms with E-state index < -0.39 is 11.1 Å². The maximum Gasteiger partial charge on any atom is 0.255 e. The Kier molecular flexibility index (Phi) is 2.55. The van der Waals surface area contributed by atoms with Crippen LogP contribution in [-0.2, 0) is 0 Å². The first kappa shape index (κ1) is 8.87. The Hall–Kier alpha value is -1.22. The molecule has 0 saturated heterocycles. The van der Waals surface area contributed by atoms with Crippen molar-refractivity contribution < 1.29 is 14.0 Å². The van der Waals surface area contributed by atoms with E-state index in [1.165, 1.54) is 6.07 Å². The molecule has 2 nitrogen and oxygen atoms in total. The lowest BCUT2D eigenvalue weighted by Gasteiger charge is -1.96. The molecule has 0 heterocycles. The summed E-state index contributed by atoms with van der Waals surface area (Å²) in [6.07, 6.45) is 0.517. The van der Waals surface area contributed by atoms with Gasteiger partial charge in [0.2, 0.25) is 0 Å². The Bertz CT molecular complexity index is 336. The highest BCUT2D eigenvalue weighted by atomic mass is 35.5. The second-order valence-corrected chi connectivity index (χ2v) is 2.47. The monoisotopic (exact) mass is 186 g/mol. The molecule has 62 valence electrons. The van der Waals surface area contributed by atoms with Crippen molar-refractivity contribution in [3.8, 4) is 0 Å². The molecule has 12 heavy (non-hydrogen) atoms. The fourth-order valence-electron chi connectivity index (χ4n) is 0.767. The van der Waals surface area contributed by atoms with Crippen LogP contribution in [0.5, 0.6) is 0 Å². The molecule has 0 bridgehead atoms. The van der Waals surface area contributed by atoms with Crippen LogP contribution in [0.25, 0.3) is 0 Å². The van der Waals surface area contributed by atoms with Crippen molar-refractivity contribution in [2.45, 2.75) is 0 Å². The van der Waals surface area contributed by atoms with Gasteiger partial charge < -0.3 is 0 Å². The molecular weight excluding hydrogens is 183 g/mol. The van der Waals surface area contributed by atoms with Gasteiger partial charge in [-0.1, -0.05) is 0 Å². The van der Waals surface area contributed by atoms with Gasteiger partial charge >= 0.3 is 0 Å². The Labute approximate surface area is 73.0 Å². The molecule has 1 aromatic carbocycles. The molecule has 0 unspecified atom stereocenters. The molecule has 0 aliphatic rings. The zero-order valence-electron chi connectivity index (χ0n) is 5.88. The minimum Gasteiger partial charge on any atom is -0.298 e. The fourth-order valence-corrected chi connectivity index (χ4v) is 0.912. The molecule has 1 rings (SSSR count). The third-order valence-corrected chi connectivity index (χ3v) is 1.54. The number of hydrogen-bond acceptors (Lipinski definition) is 2. The summed E-state index contributed by atoms with van der Waals surface area (Å²) in [5.74, 6) is -0.722. The van der Waals surface area contributed by atoms with Crippen LogP contribution < -0.4 is 0 Å². The van der Waals surface area contributed by atoms with E-state index in [-0.39, 0.29) is 11.1 Å². The number of halogens is 2. The van der Waals surface area contributed by atoms with Crippen molar-refractivity contribution in [2.75, 3.05) is 0 Å². The van der Waals surface area contributed by atoms with Crippen LogP contribution in [0.15, 0.2) is 18.2 Å². The number of benzene rings is 1. The first-order valence-corrected chi connectivity index (χ1v) is 3.47. The summed E-state index contributed by atoms with van der Waals surface area (Å²) in [5.41, 5.74) is -0.0540. The van der Waals surface area contributed by atoms with E-state index in [4.69, 9.17) is 11.6 Å². The van der Waals surface area contributed by atoms with Crippen LogP contribution in [0.1, 0.15) is 20.7 Å². The molecule has 0 amide bonds. The van der Waals surface area contributed by atoms with Crippen LogP contribution in [0.3, 0.4) is 0 Å². The van der Waals surface area contributed by atoms with Crippen LogP contribution in [0, 0.1) is 5.82 Å². The molecule has 4 heteroatoms. The Morgan fingerprint density at radius 3 is 2.67 bits per heavy atom. The van der Waals surface area contributed by atoms with Crippen molar-refractivity contribution in [1.29, 1.82) is 0 Å². The van der Waals surface area contributed by atoms with Gasteiger partial charge in [-0.25, -0.2) is 4.39 Å². The highest BCUT2D eigenvalue weighted by Crippen LogP contribution is 2.11. The molecular formula is C8H4ClFO2. The van der Waals surface area contributed by atoms with Crippen molar-refractivity contribution >= 4 is 23.1 Å².